The maximum atomic E-state index is 11.9. The molecule has 0 heterocycles. The molecule has 0 saturated carbocycles. The molecule has 136 valence electrons. The van der Waals surface area contributed by atoms with Gasteiger partial charge in [0, 0.05) is 13.0 Å². The molecule has 0 aliphatic heterocycles. The Balaban J connectivity index is 2.16. The van der Waals surface area contributed by atoms with E-state index in [0.29, 0.717) is 24.9 Å². The molecule has 3 heteroatoms. The fraction of sp³-hybridized carbons (Fsp3) is 0.667. The summed E-state index contributed by atoms with van der Waals surface area (Å²) in [6.07, 6.45) is 6.11. The van der Waals surface area contributed by atoms with Crippen LogP contribution in [0.25, 0.3) is 0 Å². The van der Waals surface area contributed by atoms with Gasteiger partial charge >= 0.3 is 0 Å². The third kappa shape index (κ3) is 8.37. The average molecular weight is 334 g/mol. The Morgan fingerprint density at radius 1 is 1.12 bits per heavy atom. The molecule has 0 saturated heterocycles. The molecule has 0 bridgehead atoms. The maximum absolute atomic E-state index is 11.9. The Hall–Kier alpha value is -1.51. The third-order valence-corrected chi connectivity index (χ3v) is 4.49. The van der Waals surface area contributed by atoms with Gasteiger partial charge in [-0.05, 0) is 42.4 Å². The van der Waals surface area contributed by atoms with Crippen LogP contribution in [0, 0.1) is 5.92 Å². The Labute approximate surface area is 148 Å². The van der Waals surface area contributed by atoms with Gasteiger partial charge in [-0.1, -0.05) is 59.1 Å². The summed E-state index contributed by atoms with van der Waals surface area (Å²) < 4.78 is 5.71. The quantitative estimate of drug-likeness (QED) is 0.527. The maximum Gasteiger partial charge on any atom is 0.220 e. The lowest BCUT2D eigenvalue weighted by atomic mass is 9.99. The molecule has 1 rings (SSSR count). The van der Waals surface area contributed by atoms with Crippen LogP contribution in [0.4, 0.5) is 0 Å². The van der Waals surface area contributed by atoms with Crippen molar-refractivity contribution in [2.24, 2.45) is 5.92 Å². The molecule has 24 heavy (non-hydrogen) atoms. The minimum Gasteiger partial charge on any atom is -0.494 e. The van der Waals surface area contributed by atoms with E-state index in [-0.39, 0.29) is 5.91 Å². The smallest absolute Gasteiger partial charge is 0.220 e. The molecule has 1 N–H and O–H groups in total. The Bertz CT molecular complexity index is 453. The normalized spacial score (nSPS) is 12.2. The van der Waals surface area contributed by atoms with E-state index in [0.717, 1.165) is 25.1 Å². The Morgan fingerprint density at radius 3 is 2.42 bits per heavy atom. The standard InChI is InChI=1S/C21H35NO2/c1-5-7-9-18(6-2)16-22-21(23)10-8-15-24-20-13-11-19(12-14-20)17(3)4/h11-14,17-18H,5-10,15-16H2,1-4H3,(H,22,23). The van der Waals surface area contributed by atoms with Gasteiger partial charge in [0.2, 0.25) is 5.91 Å². The van der Waals surface area contributed by atoms with E-state index in [9.17, 15) is 4.79 Å². The molecule has 0 aromatic heterocycles. The lowest BCUT2D eigenvalue weighted by Gasteiger charge is -2.15. The number of hydrogen-bond acceptors (Lipinski definition) is 2. The van der Waals surface area contributed by atoms with Crippen molar-refractivity contribution >= 4 is 5.91 Å². The predicted molar refractivity (Wildman–Crippen MR) is 102 cm³/mol. The van der Waals surface area contributed by atoms with Crippen LogP contribution in [0.5, 0.6) is 5.75 Å². The highest BCUT2D eigenvalue weighted by atomic mass is 16.5. The monoisotopic (exact) mass is 333 g/mol. The molecule has 1 aromatic carbocycles. The molecule has 0 fully saturated rings. The minimum absolute atomic E-state index is 0.142. The van der Waals surface area contributed by atoms with Crippen LogP contribution in [0.2, 0.25) is 0 Å². The van der Waals surface area contributed by atoms with Crippen LogP contribution >= 0.6 is 0 Å². The van der Waals surface area contributed by atoms with Crippen LogP contribution in [0.1, 0.15) is 77.7 Å². The Kier molecular flexibility index (Phi) is 10.2. The van der Waals surface area contributed by atoms with Crippen molar-refractivity contribution in [3.8, 4) is 5.75 Å². The van der Waals surface area contributed by atoms with Crippen LogP contribution in [-0.2, 0) is 4.79 Å². The van der Waals surface area contributed by atoms with E-state index in [1.807, 2.05) is 12.1 Å². The largest absolute Gasteiger partial charge is 0.494 e. The van der Waals surface area contributed by atoms with E-state index in [1.54, 1.807) is 0 Å². The third-order valence-electron chi connectivity index (χ3n) is 4.49. The first kappa shape index (κ1) is 20.5. The van der Waals surface area contributed by atoms with Gasteiger partial charge in [0.25, 0.3) is 0 Å². The predicted octanol–water partition coefficient (Wildman–Crippen LogP) is 5.30. The van der Waals surface area contributed by atoms with Gasteiger partial charge in [-0.2, -0.15) is 0 Å². The number of benzene rings is 1. The number of rotatable bonds is 12. The number of carbonyl (C=O) groups excluding carboxylic acids is 1. The van der Waals surface area contributed by atoms with E-state index >= 15 is 0 Å². The fourth-order valence-corrected chi connectivity index (χ4v) is 2.66. The molecule has 0 spiro atoms. The highest BCUT2D eigenvalue weighted by Crippen LogP contribution is 2.18. The summed E-state index contributed by atoms with van der Waals surface area (Å²) in [7, 11) is 0. The van der Waals surface area contributed by atoms with Gasteiger partial charge in [-0.15, -0.1) is 0 Å². The molecule has 1 unspecified atom stereocenters. The first-order chi connectivity index (χ1) is 11.6. The van der Waals surface area contributed by atoms with Crippen LogP contribution in [-0.4, -0.2) is 19.1 Å². The van der Waals surface area contributed by atoms with Gasteiger partial charge < -0.3 is 10.1 Å². The number of carbonyl (C=O) groups is 1. The molecular weight excluding hydrogens is 298 g/mol. The van der Waals surface area contributed by atoms with Gasteiger partial charge in [0.05, 0.1) is 6.61 Å². The van der Waals surface area contributed by atoms with Gasteiger partial charge in [-0.25, -0.2) is 0 Å². The summed E-state index contributed by atoms with van der Waals surface area (Å²) in [6, 6.07) is 8.23. The first-order valence-electron chi connectivity index (χ1n) is 9.56. The van der Waals surface area contributed by atoms with Crippen molar-refractivity contribution in [2.45, 2.75) is 72.1 Å². The number of unbranched alkanes of at least 4 members (excludes halogenated alkanes) is 1. The summed E-state index contributed by atoms with van der Waals surface area (Å²) in [5, 5.41) is 3.07. The topological polar surface area (TPSA) is 38.3 Å². The lowest BCUT2D eigenvalue weighted by molar-refractivity contribution is -0.121. The van der Waals surface area contributed by atoms with Crippen LogP contribution < -0.4 is 10.1 Å². The summed E-state index contributed by atoms with van der Waals surface area (Å²) in [6.45, 7) is 10.2. The fourth-order valence-electron chi connectivity index (χ4n) is 2.66. The Morgan fingerprint density at radius 2 is 1.83 bits per heavy atom. The van der Waals surface area contributed by atoms with E-state index < -0.39 is 0 Å². The highest BCUT2D eigenvalue weighted by molar-refractivity contribution is 5.75. The van der Waals surface area contributed by atoms with Gasteiger partial charge in [0.1, 0.15) is 5.75 Å². The SMILES string of the molecule is CCCCC(CC)CNC(=O)CCCOc1ccc(C(C)C)cc1. The number of ether oxygens (including phenoxy) is 1. The van der Waals surface area contributed by atoms with Crippen molar-refractivity contribution in [1.29, 1.82) is 0 Å². The molecular formula is C21H35NO2. The van der Waals surface area contributed by atoms with E-state index in [4.69, 9.17) is 4.74 Å². The molecule has 0 aliphatic carbocycles. The summed E-state index contributed by atoms with van der Waals surface area (Å²) >= 11 is 0. The number of nitrogens with one attached hydrogen (secondary N) is 1. The zero-order valence-electron chi connectivity index (χ0n) is 15.9. The molecule has 1 amide bonds. The zero-order chi connectivity index (χ0) is 17.8. The summed E-state index contributed by atoms with van der Waals surface area (Å²) in [4.78, 5) is 11.9. The minimum atomic E-state index is 0.142. The molecule has 3 nitrogen and oxygen atoms in total. The molecule has 1 atom stereocenters. The zero-order valence-corrected chi connectivity index (χ0v) is 15.9. The van der Waals surface area contributed by atoms with E-state index in [2.05, 4.69) is 45.1 Å². The average Bonchev–Trinajstić information content (AvgIpc) is 2.59. The summed E-state index contributed by atoms with van der Waals surface area (Å²) in [5.41, 5.74) is 1.32. The second-order valence-electron chi connectivity index (χ2n) is 6.90. The second kappa shape index (κ2) is 11.9. The number of amides is 1. The summed E-state index contributed by atoms with van der Waals surface area (Å²) in [5.74, 6) is 2.17. The van der Waals surface area contributed by atoms with Crippen molar-refractivity contribution in [3.63, 3.8) is 0 Å². The highest BCUT2D eigenvalue weighted by Gasteiger charge is 2.08. The van der Waals surface area contributed by atoms with Gasteiger partial charge in [0.15, 0.2) is 0 Å². The van der Waals surface area contributed by atoms with E-state index in [1.165, 1.54) is 24.8 Å². The lowest BCUT2D eigenvalue weighted by Crippen LogP contribution is -2.29. The number of hydrogen-bond donors (Lipinski definition) is 1. The van der Waals surface area contributed by atoms with Gasteiger partial charge in [-0.3, -0.25) is 4.79 Å². The molecule has 1 aromatic rings. The van der Waals surface area contributed by atoms with Crippen molar-refractivity contribution in [1.82, 2.24) is 5.32 Å². The molecule has 0 radical (unpaired) electrons. The van der Waals surface area contributed by atoms with Crippen molar-refractivity contribution < 1.29 is 9.53 Å². The molecule has 0 aliphatic rings. The second-order valence-corrected chi connectivity index (χ2v) is 6.90. The van der Waals surface area contributed by atoms with Crippen molar-refractivity contribution in [3.05, 3.63) is 29.8 Å². The first-order valence-corrected chi connectivity index (χ1v) is 9.56. The van der Waals surface area contributed by atoms with Crippen LogP contribution in [0.15, 0.2) is 24.3 Å². The van der Waals surface area contributed by atoms with Crippen LogP contribution in [0.3, 0.4) is 0 Å². The van der Waals surface area contributed by atoms with Crippen molar-refractivity contribution in [2.75, 3.05) is 13.2 Å².